The van der Waals surface area contributed by atoms with Crippen LogP contribution in [0, 0.1) is 22.7 Å². The molecule has 0 amide bonds. The van der Waals surface area contributed by atoms with E-state index in [4.69, 9.17) is 10.5 Å². The quantitative estimate of drug-likeness (QED) is 0.156. The Bertz CT molecular complexity index is 2470. The van der Waals surface area contributed by atoms with E-state index in [1.165, 1.54) is 24.3 Å². The molecular weight excluding hydrogens is 803 g/mol. The van der Waals surface area contributed by atoms with Crippen LogP contribution in [0.2, 0.25) is 0 Å². The summed E-state index contributed by atoms with van der Waals surface area (Å²) >= 11 is 3.46. The molecule has 0 atom stereocenters. The molecule has 0 N–H and O–H groups in total. The number of nitrogens with zero attached hydrogens (tertiary/aromatic N) is 6. The van der Waals surface area contributed by atoms with Crippen LogP contribution in [-0.4, -0.2) is 8.75 Å². The van der Waals surface area contributed by atoms with Crippen LogP contribution in [0.3, 0.4) is 0 Å². The maximum absolute atomic E-state index is 13.8. The lowest BCUT2D eigenvalue weighted by Crippen LogP contribution is -2.08. The van der Waals surface area contributed by atoms with Crippen LogP contribution in [0.1, 0.15) is 11.1 Å². The van der Waals surface area contributed by atoms with Gasteiger partial charge in [0, 0.05) is 30.6 Å². The summed E-state index contributed by atoms with van der Waals surface area (Å²) in [5.74, 6) is 0. The van der Waals surface area contributed by atoms with Crippen molar-refractivity contribution in [3.63, 3.8) is 0 Å². The Balaban J connectivity index is 1.34. The van der Waals surface area contributed by atoms with E-state index < -0.39 is 41.4 Å². The number of aromatic nitrogens is 2. The van der Waals surface area contributed by atoms with Crippen molar-refractivity contribution in [3.8, 4) is 53.9 Å². The van der Waals surface area contributed by atoms with Crippen LogP contribution in [-0.2, 0) is 11.4 Å². The molecule has 258 valence electrons. The van der Waals surface area contributed by atoms with Crippen molar-refractivity contribution in [1.29, 1.82) is 10.5 Å². The lowest BCUT2D eigenvalue weighted by molar-refractivity contribution is 0.360. The van der Waals surface area contributed by atoms with E-state index in [1.54, 1.807) is 0 Å². The fourth-order valence-corrected chi connectivity index (χ4v) is 10.1. The first-order chi connectivity index (χ1) is 22.9. The highest BCUT2D eigenvalue weighted by atomic mass is 32.5. The fraction of sp³-hybridized carbons (Fsp3) is 0. The molecule has 6 nitrogen and oxygen atoms in total. The number of benzene rings is 3. The second-order valence-corrected chi connectivity index (χ2v) is 18.6. The van der Waals surface area contributed by atoms with Gasteiger partial charge in [0.1, 0.15) is 44.3 Å². The van der Waals surface area contributed by atoms with E-state index in [9.17, 15) is 38.9 Å². The average Bonchev–Trinajstić information content (AvgIpc) is 3.84. The topological polar surface area (TPSA) is 98.1 Å². The number of thiophene rings is 2. The third-order valence-electron chi connectivity index (χ3n) is 7.23. The van der Waals surface area contributed by atoms with Gasteiger partial charge in [-0.05, 0) is 59.7 Å². The second-order valence-electron chi connectivity index (χ2n) is 10.6. The Labute approximate surface area is 289 Å². The number of nitriles is 2. The van der Waals surface area contributed by atoms with E-state index in [1.807, 2.05) is 0 Å². The number of hydrogen-bond acceptors (Lipinski definition) is 9. The van der Waals surface area contributed by atoms with Gasteiger partial charge in [-0.2, -0.15) is 28.0 Å². The zero-order valence-electron chi connectivity index (χ0n) is 23.7. The molecule has 22 heteroatoms. The maximum atomic E-state index is 13.8. The molecular formula is C28H10F10N6S6. The van der Waals surface area contributed by atoms with Crippen molar-refractivity contribution < 1.29 is 38.9 Å². The summed E-state index contributed by atoms with van der Waals surface area (Å²) in [6.45, 7) is 0. The van der Waals surface area contributed by atoms with Crippen LogP contribution in [0.25, 0.3) is 52.8 Å². The van der Waals surface area contributed by atoms with Gasteiger partial charge in [0.25, 0.3) is 0 Å². The van der Waals surface area contributed by atoms with Crippen molar-refractivity contribution in [2.75, 3.05) is 0 Å². The molecule has 0 fully saturated rings. The fourth-order valence-electron chi connectivity index (χ4n) is 5.15. The zero-order valence-corrected chi connectivity index (χ0v) is 28.6. The smallest absolute Gasteiger partial charge is 0.192 e. The Hall–Kier alpha value is -4.32. The predicted octanol–water partition coefficient (Wildman–Crippen LogP) is 14.3. The van der Waals surface area contributed by atoms with Crippen molar-refractivity contribution in [2.24, 2.45) is 8.73 Å². The summed E-state index contributed by atoms with van der Waals surface area (Å²) in [6, 6.07) is 12.2. The summed E-state index contributed by atoms with van der Waals surface area (Å²) in [4.78, 5) is -3.48. The Morgan fingerprint density at radius 3 is 1.26 bits per heavy atom. The van der Waals surface area contributed by atoms with Crippen molar-refractivity contribution in [2.45, 2.75) is 9.79 Å². The molecule has 7 rings (SSSR count). The van der Waals surface area contributed by atoms with E-state index >= 15 is 0 Å². The van der Waals surface area contributed by atoms with Gasteiger partial charge >= 0.3 is 20.4 Å². The molecule has 3 aromatic carbocycles. The summed E-state index contributed by atoms with van der Waals surface area (Å²) in [5, 5.41) is 18.1. The molecule has 0 spiro atoms. The lowest BCUT2D eigenvalue weighted by atomic mass is 10.0. The van der Waals surface area contributed by atoms with E-state index in [0.29, 0.717) is 33.0 Å². The first-order valence-corrected chi connectivity index (χ1v) is 20.1. The van der Waals surface area contributed by atoms with Gasteiger partial charge in [-0.1, -0.05) is 51.0 Å². The number of hydrogen-bond donors (Lipinski definition) is 0. The summed E-state index contributed by atoms with van der Waals surface area (Å²) in [7, 11) is -20.5. The maximum Gasteiger partial charge on any atom is 0.311 e. The molecule has 0 saturated heterocycles. The lowest BCUT2D eigenvalue weighted by Gasteiger charge is -2.41. The van der Waals surface area contributed by atoms with E-state index in [-0.39, 0.29) is 55.4 Å². The molecule has 0 radical (unpaired) electrons. The Kier molecular flexibility index (Phi) is 6.63. The zero-order chi connectivity index (χ0) is 36.2. The summed E-state index contributed by atoms with van der Waals surface area (Å²) in [5.41, 5.74) is -1.00. The van der Waals surface area contributed by atoms with Gasteiger partial charge < -0.3 is 0 Å². The van der Waals surface area contributed by atoms with Crippen LogP contribution < -0.4 is 0 Å². The number of halogens is 10. The SMILES string of the molecule is N#Cc1ccc(-c2ccc(-c3c4c(c(-c5ccc(-c6ccc(C#N)c(S(F)(F)(F)(F)F)c6)s5)c5nsnc35)N=S=N4)s2)cc1S(F)(F)(F)(F)F. The molecule has 0 bridgehead atoms. The van der Waals surface area contributed by atoms with Crippen LogP contribution >= 0.6 is 54.8 Å². The molecule has 0 saturated carbocycles. The van der Waals surface area contributed by atoms with Crippen LogP contribution in [0.5, 0.6) is 0 Å². The number of rotatable bonds is 6. The van der Waals surface area contributed by atoms with Crippen molar-refractivity contribution in [1.82, 2.24) is 8.75 Å². The first kappa shape index (κ1) is 34.1. The highest BCUT2D eigenvalue weighted by Gasteiger charge is 2.67. The second kappa shape index (κ2) is 9.71. The molecule has 4 heterocycles. The predicted molar refractivity (Wildman–Crippen MR) is 179 cm³/mol. The largest absolute Gasteiger partial charge is 0.311 e. The third kappa shape index (κ3) is 5.95. The van der Waals surface area contributed by atoms with E-state index in [2.05, 4.69) is 17.5 Å². The van der Waals surface area contributed by atoms with Crippen molar-refractivity contribution in [3.05, 3.63) is 71.8 Å². The van der Waals surface area contributed by atoms with Gasteiger partial charge in [0.15, 0.2) is 0 Å². The highest BCUT2D eigenvalue weighted by Crippen LogP contribution is 3.03. The molecule has 0 unspecified atom stereocenters. The highest BCUT2D eigenvalue weighted by molar-refractivity contribution is 8.46. The number of fused-ring (bicyclic) bond motifs is 2. The van der Waals surface area contributed by atoms with Gasteiger partial charge in [0.05, 0.1) is 34.2 Å². The molecule has 1 aliphatic rings. The van der Waals surface area contributed by atoms with Crippen LogP contribution in [0.15, 0.2) is 79.2 Å². The standard InChI is InChI=1S/C28H10F10N6S6/c29-49(30,31,32,33)21-9-13(1-3-15(21)11-39)17-5-7-19(45-17)23-25-27(43-47-41-25)24(28-26(23)42-48-44-28)20-8-6-18(46-20)14-2-4-16(12-40)22(10-14)50(34,35,36,37)38/h1-10H. The summed E-state index contributed by atoms with van der Waals surface area (Å²) in [6.07, 6.45) is 0. The third-order valence-corrected chi connectivity index (χ3v) is 12.9. The Morgan fingerprint density at radius 2 is 0.900 bits per heavy atom. The van der Waals surface area contributed by atoms with Gasteiger partial charge in [-0.15, -0.1) is 22.7 Å². The average molecular weight is 813 g/mol. The van der Waals surface area contributed by atoms with Gasteiger partial charge in [-0.25, -0.2) is 0 Å². The van der Waals surface area contributed by atoms with E-state index in [0.717, 1.165) is 70.0 Å². The minimum absolute atomic E-state index is 0.153. The van der Waals surface area contributed by atoms with Gasteiger partial charge in [-0.3, -0.25) is 0 Å². The Morgan fingerprint density at radius 1 is 0.520 bits per heavy atom. The molecule has 6 aromatic rings. The minimum Gasteiger partial charge on any atom is -0.192 e. The van der Waals surface area contributed by atoms with Crippen LogP contribution in [0.4, 0.5) is 50.2 Å². The minimum atomic E-state index is -10.2. The molecule has 50 heavy (non-hydrogen) atoms. The molecule has 1 aliphatic heterocycles. The molecule has 0 aliphatic carbocycles. The first-order valence-electron chi connectivity index (χ1n) is 13.1. The normalized spacial score (nSPS) is 15.7. The van der Waals surface area contributed by atoms with Gasteiger partial charge in [0.2, 0.25) is 0 Å². The monoisotopic (exact) mass is 812 g/mol. The summed E-state index contributed by atoms with van der Waals surface area (Å²) < 4.78 is 155. The molecule has 3 aromatic heterocycles. The van der Waals surface area contributed by atoms with Crippen molar-refractivity contribution >= 4 is 88.6 Å².